The maximum atomic E-state index is 13.2. The number of esters is 1. The van der Waals surface area contributed by atoms with Crippen molar-refractivity contribution in [2.45, 2.75) is 25.1 Å². The molecule has 2 aromatic rings. The van der Waals surface area contributed by atoms with Crippen LogP contribution in [-0.4, -0.2) is 42.2 Å². The molecule has 1 aliphatic rings. The Bertz CT molecular complexity index is 791. The number of methoxy groups -OCH3 is 1. The summed E-state index contributed by atoms with van der Waals surface area (Å²) in [5, 5.41) is 3.22. The Hall–Kier alpha value is -2.84. The Kier molecular flexibility index (Phi) is 5.48. The number of nitrogens with zero attached hydrogens (tertiary/aromatic N) is 3. The monoisotopic (exact) mass is 380 g/mol. The van der Waals surface area contributed by atoms with Crippen molar-refractivity contribution >= 4 is 17.6 Å². The number of aromatic nitrogens is 2. The lowest BCUT2D eigenvalue weighted by Crippen LogP contribution is -2.39. The molecule has 0 atom stereocenters. The van der Waals surface area contributed by atoms with Crippen molar-refractivity contribution in [2.24, 2.45) is 0 Å². The van der Waals surface area contributed by atoms with Crippen LogP contribution in [0.3, 0.4) is 0 Å². The molecule has 27 heavy (non-hydrogen) atoms. The fraction of sp³-hybridized carbons (Fsp3) is 0.389. The topological polar surface area (TPSA) is 67.3 Å². The summed E-state index contributed by atoms with van der Waals surface area (Å²) in [7, 11) is 1.14. The van der Waals surface area contributed by atoms with E-state index in [4.69, 9.17) is 0 Å². The fourth-order valence-electron chi connectivity index (χ4n) is 3.03. The van der Waals surface area contributed by atoms with Gasteiger partial charge in [-0.2, -0.15) is 13.2 Å². The smallest absolute Gasteiger partial charge is 0.416 e. The van der Waals surface area contributed by atoms with E-state index < -0.39 is 17.7 Å². The van der Waals surface area contributed by atoms with Crippen LogP contribution in [0.25, 0.3) is 0 Å². The maximum Gasteiger partial charge on any atom is 0.416 e. The Balaban J connectivity index is 1.74. The Morgan fingerprint density at radius 2 is 1.85 bits per heavy atom. The molecule has 1 aliphatic heterocycles. The van der Waals surface area contributed by atoms with Crippen LogP contribution in [0.2, 0.25) is 0 Å². The second-order valence-corrected chi connectivity index (χ2v) is 6.24. The van der Waals surface area contributed by atoms with Gasteiger partial charge in [0, 0.05) is 37.2 Å². The molecule has 9 heteroatoms. The van der Waals surface area contributed by atoms with Gasteiger partial charge in [0.15, 0.2) is 0 Å². The highest BCUT2D eigenvalue weighted by Gasteiger charge is 2.33. The molecule has 0 unspecified atom stereocenters. The third-order valence-electron chi connectivity index (χ3n) is 4.43. The third kappa shape index (κ3) is 4.66. The number of hydrogen-bond acceptors (Lipinski definition) is 6. The molecule has 6 nitrogen and oxygen atoms in total. The van der Waals surface area contributed by atoms with Gasteiger partial charge >= 0.3 is 12.1 Å². The van der Waals surface area contributed by atoms with Crippen molar-refractivity contribution < 1.29 is 22.7 Å². The number of carbonyl (C=O) groups is 1. The number of hydrogen-bond donors (Lipinski definition) is 1. The number of nitrogens with one attached hydrogen (secondary N) is 1. The van der Waals surface area contributed by atoms with Crippen LogP contribution >= 0.6 is 0 Å². The van der Waals surface area contributed by atoms with Crippen molar-refractivity contribution in [3.63, 3.8) is 0 Å². The lowest BCUT2D eigenvalue weighted by molar-refractivity contribution is -0.137. The number of benzene rings is 1. The Morgan fingerprint density at radius 3 is 2.44 bits per heavy atom. The van der Waals surface area contributed by atoms with Crippen LogP contribution in [-0.2, 0) is 10.9 Å². The SMILES string of the molecule is COC(=O)c1cc(N2CCC(Nc3ncccn3)CC2)cc(C(F)(F)F)c1. The van der Waals surface area contributed by atoms with Gasteiger partial charge in [-0.05, 0) is 37.1 Å². The third-order valence-corrected chi connectivity index (χ3v) is 4.43. The van der Waals surface area contributed by atoms with E-state index in [1.165, 1.54) is 6.07 Å². The molecule has 0 radical (unpaired) electrons. The summed E-state index contributed by atoms with van der Waals surface area (Å²) in [5.41, 5.74) is -0.613. The molecule has 1 fully saturated rings. The quantitative estimate of drug-likeness (QED) is 0.821. The first-order chi connectivity index (χ1) is 12.9. The highest BCUT2D eigenvalue weighted by Crippen LogP contribution is 2.34. The molecular weight excluding hydrogens is 361 g/mol. The van der Waals surface area contributed by atoms with Crippen LogP contribution in [0.4, 0.5) is 24.8 Å². The van der Waals surface area contributed by atoms with Crippen LogP contribution in [0, 0.1) is 0 Å². The molecule has 0 saturated carbocycles. The summed E-state index contributed by atoms with van der Waals surface area (Å²) in [6, 6.07) is 5.18. The number of ether oxygens (including phenoxy) is 1. The molecule has 1 aromatic carbocycles. The summed E-state index contributed by atoms with van der Waals surface area (Å²) in [6.07, 6.45) is 0.163. The van der Waals surface area contributed by atoms with Gasteiger partial charge in [-0.15, -0.1) is 0 Å². The highest BCUT2D eigenvalue weighted by molar-refractivity contribution is 5.91. The Labute approximate surface area is 154 Å². The zero-order chi connectivity index (χ0) is 19.4. The molecule has 0 aliphatic carbocycles. The average molecular weight is 380 g/mol. The van der Waals surface area contributed by atoms with Gasteiger partial charge in [0.05, 0.1) is 18.2 Å². The van der Waals surface area contributed by atoms with E-state index >= 15 is 0 Å². The lowest BCUT2D eigenvalue weighted by Gasteiger charge is -2.34. The first kappa shape index (κ1) is 18.9. The molecule has 1 saturated heterocycles. The van der Waals surface area contributed by atoms with E-state index in [-0.39, 0.29) is 11.6 Å². The first-order valence-corrected chi connectivity index (χ1v) is 8.46. The van der Waals surface area contributed by atoms with Crippen LogP contribution in [0.5, 0.6) is 0 Å². The fourth-order valence-corrected chi connectivity index (χ4v) is 3.03. The van der Waals surface area contributed by atoms with E-state index in [0.29, 0.717) is 37.6 Å². The minimum Gasteiger partial charge on any atom is -0.465 e. The second kappa shape index (κ2) is 7.81. The minimum absolute atomic E-state index is 0.111. The van der Waals surface area contributed by atoms with Crippen molar-refractivity contribution in [1.29, 1.82) is 0 Å². The molecular formula is C18H19F3N4O2. The summed E-state index contributed by atoms with van der Waals surface area (Å²) in [4.78, 5) is 21.8. The number of anilines is 2. The van der Waals surface area contributed by atoms with Gasteiger partial charge in [-0.3, -0.25) is 0 Å². The summed E-state index contributed by atoms with van der Waals surface area (Å²) in [5.74, 6) is -0.261. The van der Waals surface area contributed by atoms with Gasteiger partial charge in [0.25, 0.3) is 0 Å². The van der Waals surface area contributed by atoms with E-state index in [2.05, 4.69) is 20.0 Å². The van der Waals surface area contributed by atoms with Crippen molar-refractivity contribution in [2.75, 3.05) is 30.4 Å². The molecule has 1 N–H and O–H groups in total. The molecule has 0 bridgehead atoms. The van der Waals surface area contributed by atoms with E-state index in [9.17, 15) is 18.0 Å². The van der Waals surface area contributed by atoms with Gasteiger partial charge in [-0.25, -0.2) is 14.8 Å². The van der Waals surface area contributed by atoms with E-state index in [1.54, 1.807) is 18.5 Å². The van der Waals surface area contributed by atoms with Crippen molar-refractivity contribution in [1.82, 2.24) is 9.97 Å². The zero-order valence-electron chi connectivity index (χ0n) is 14.7. The van der Waals surface area contributed by atoms with Gasteiger partial charge in [0.1, 0.15) is 0 Å². The minimum atomic E-state index is -4.54. The summed E-state index contributed by atoms with van der Waals surface area (Å²) in [6.45, 7) is 1.10. The van der Waals surface area contributed by atoms with E-state index in [1.807, 2.05) is 4.90 Å². The number of piperidine rings is 1. The maximum absolute atomic E-state index is 13.2. The van der Waals surface area contributed by atoms with Gasteiger partial charge in [-0.1, -0.05) is 0 Å². The zero-order valence-corrected chi connectivity index (χ0v) is 14.7. The molecule has 0 spiro atoms. The molecule has 1 aromatic heterocycles. The van der Waals surface area contributed by atoms with Crippen LogP contribution < -0.4 is 10.2 Å². The molecule has 0 amide bonds. The largest absolute Gasteiger partial charge is 0.465 e. The predicted octanol–water partition coefficient (Wildman–Crippen LogP) is 3.36. The summed E-state index contributed by atoms with van der Waals surface area (Å²) < 4.78 is 44.2. The summed E-state index contributed by atoms with van der Waals surface area (Å²) >= 11 is 0. The molecule has 144 valence electrons. The highest BCUT2D eigenvalue weighted by atomic mass is 19.4. The van der Waals surface area contributed by atoms with Crippen LogP contribution in [0.1, 0.15) is 28.8 Å². The normalized spacial score (nSPS) is 15.5. The predicted molar refractivity (Wildman–Crippen MR) is 93.7 cm³/mol. The standard InChI is InChI=1S/C18H19F3N4O2/c1-27-16(26)12-9-13(18(19,20)21)11-15(10-12)25-7-3-14(4-8-25)24-17-22-5-2-6-23-17/h2,5-6,9-11,14H,3-4,7-8H2,1H3,(H,22,23,24). The lowest BCUT2D eigenvalue weighted by atomic mass is 10.0. The van der Waals surface area contributed by atoms with Gasteiger partial charge in [0.2, 0.25) is 5.95 Å². The Morgan fingerprint density at radius 1 is 1.19 bits per heavy atom. The number of alkyl halides is 3. The number of carbonyl (C=O) groups excluding carboxylic acids is 1. The first-order valence-electron chi connectivity index (χ1n) is 8.46. The van der Waals surface area contributed by atoms with Crippen LogP contribution in [0.15, 0.2) is 36.7 Å². The van der Waals surface area contributed by atoms with Gasteiger partial charge < -0.3 is 15.0 Å². The number of halogens is 3. The van der Waals surface area contributed by atoms with E-state index in [0.717, 1.165) is 19.2 Å². The second-order valence-electron chi connectivity index (χ2n) is 6.24. The number of rotatable bonds is 4. The molecule has 2 heterocycles. The molecule has 3 rings (SSSR count). The van der Waals surface area contributed by atoms with Crippen molar-refractivity contribution in [3.8, 4) is 0 Å². The average Bonchev–Trinajstić information content (AvgIpc) is 2.67. The van der Waals surface area contributed by atoms with Crippen molar-refractivity contribution in [3.05, 3.63) is 47.8 Å².